The largest absolute Gasteiger partial charge is 0.396 e. The molecule has 18 heavy (non-hydrogen) atoms. The molecule has 0 aliphatic carbocycles. The number of anilines is 2. The Morgan fingerprint density at radius 3 is 2.44 bits per heavy atom. The van der Waals surface area contributed by atoms with Crippen LogP contribution in [0.15, 0.2) is 6.07 Å². The summed E-state index contributed by atoms with van der Waals surface area (Å²) < 4.78 is 2.07. The second-order valence-corrected chi connectivity index (χ2v) is 4.45. The number of hydrogen-bond acceptors (Lipinski definition) is 3. The Morgan fingerprint density at radius 1 is 1.28 bits per heavy atom. The number of unbranched alkanes of at least 4 members (excludes halogenated alkanes) is 2. The fraction of sp³-hybridized carbons (Fsp3) is 0.643. The SMILES string of the molecule is CCCCCn1c(C#N)cc(N)c1N(CC)CC. The van der Waals surface area contributed by atoms with Gasteiger partial charge in [0.15, 0.2) is 0 Å². The number of hydrogen-bond donors (Lipinski definition) is 1. The summed E-state index contributed by atoms with van der Waals surface area (Å²) in [4.78, 5) is 2.21. The van der Waals surface area contributed by atoms with Crippen molar-refractivity contribution in [3.05, 3.63) is 11.8 Å². The molecule has 4 nitrogen and oxygen atoms in total. The van der Waals surface area contributed by atoms with Gasteiger partial charge in [0.2, 0.25) is 0 Å². The predicted molar refractivity (Wildman–Crippen MR) is 76.6 cm³/mol. The van der Waals surface area contributed by atoms with Crippen molar-refractivity contribution in [2.24, 2.45) is 0 Å². The fourth-order valence-corrected chi connectivity index (χ4v) is 2.28. The first-order valence-electron chi connectivity index (χ1n) is 6.83. The van der Waals surface area contributed by atoms with E-state index in [1.54, 1.807) is 6.07 Å². The van der Waals surface area contributed by atoms with Gasteiger partial charge in [0.1, 0.15) is 17.6 Å². The molecule has 100 valence electrons. The molecule has 0 radical (unpaired) electrons. The average molecular weight is 248 g/mol. The third kappa shape index (κ3) is 2.98. The number of aromatic nitrogens is 1. The predicted octanol–water partition coefficient (Wildman–Crippen LogP) is 2.98. The van der Waals surface area contributed by atoms with E-state index < -0.39 is 0 Å². The molecule has 0 spiro atoms. The Kier molecular flexibility index (Phi) is 5.57. The zero-order valence-electron chi connectivity index (χ0n) is 11.7. The van der Waals surface area contributed by atoms with E-state index >= 15 is 0 Å². The minimum absolute atomic E-state index is 0.672. The third-order valence-electron chi connectivity index (χ3n) is 3.26. The lowest BCUT2D eigenvalue weighted by molar-refractivity contribution is 0.594. The summed E-state index contributed by atoms with van der Waals surface area (Å²) in [7, 11) is 0. The molecule has 0 fully saturated rings. The lowest BCUT2D eigenvalue weighted by atomic mass is 10.2. The van der Waals surface area contributed by atoms with Gasteiger partial charge in [0.25, 0.3) is 0 Å². The third-order valence-corrected chi connectivity index (χ3v) is 3.26. The van der Waals surface area contributed by atoms with E-state index in [4.69, 9.17) is 5.73 Å². The summed E-state index contributed by atoms with van der Waals surface area (Å²) in [5, 5.41) is 9.20. The lowest BCUT2D eigenvalue weighted by Crippen LogP contribution is -2.26. The van der Waals surface area contributed by atoms with Crippen LogP contribution in [-0.4, -0.2) is 17.7 Å². The molecular formula is C14H24N4. The number of rotatable bonds is 7. The number of nitriles is 1. The Balaban J connectivity index is 3.06. The fourth-order valence-electron chi connectivity index (χ4n) is 2.28. The topological polar surface area (TPSA) is 58.0 Å². The number of nitrogens with zero attached hydrogens (tertiary/aromatic N) is 3. The first-order chi connectivity index (χ1) is 8.69. The highest BCUT2D eigenvalue weighted by atomic mass is 15.2. The molecule has 0 aliphatic rings. The van der Waals surface area contributed by atoms with Crippen LogP contribution < -0.4 is 10.6 Å². The standard InChI is InChI=1S/C14H24N4/c1-4-7-8-9-18-12(11-15)10-13(16)14(18)17(5-2)6-3/h10H,4-9,16H2,1-3H3. The van der Waals surface area contributed by atoms with Gasteiger partial charge in [-0.05, 0) is 26.3 Å². The van der Waals surface area contributed by atoms with Crippen molar-refractivity contribution in [3.8, 4) is 6.07 Å². The normalized spacial score (nSPS) is 10.3. The molecule has 0 bridgehead atoms. The highest BCUT2D eigenvalue weighted by molar-refractivity contribution is 5.67. The molecule has 0 aromatic carbocycles. The summed E-state index contributed by atoms with van der Waals surface area (Å²) in [5.74, 6) is 1.01. The molecule has 1 aromatic heterocycles. The van der Waals surface area contributed by atoms with Crippen molar-refractivity contribution in [2.75, 3.05) is 23.7 Å². The zero-order chi connectivity index (χ0) is 13.5. The molecule has 0 saturated carbocycles. The van der Waals surface area contributed by atoms with Crippen LogP contribution in [-0.2, 0) is 6.54 Å². The maximum absolute atomic E-state index is 9.20. The summed E-state index contributed by atoms with van der Waals surface area (Å²) in [6.07, 6.45) is 3.45. The Morgan fingerprint density at radius 2 is 1.94 bits per heavy atom. The minimum Gasteiger partial charge on any atom is -0.396 e. The molecular weight excluding hydrogens is 224 g/mol. The molecule has 4 heteroatoms. The van der Waals surface area contributed by atoms with Crippen molar-refractivity contribution < 1.29 is 0 Å². The Bertz CT molecular complexity index is 410. The summed E-state index contributed by atoms with van der Waals surface area (Å²) >= 11 is 0. The van der Waals surface area contributed by atoms with E-state index in [2.05, 4.69) is 36.3 Å². The molecule has 1 aromatic rings. The van der Waals surface area contributed by atoms with Crippen LogP contribution >= 0.6 is 0 Å². The molecule has 0 unspecified atom stereocenters. The van der Waals surface area contributed by atoms with Crippen LogP contribution in [0.5, 0.6) is 0 Å². The van der Waals surface area contributed by atoms with E-state index in [9.17, 15) is 5.26 Å². The smallest absolute Gasteiger partial charge is 0.133 e. The van der Waals surface area contributed by atoms with E-state index in [1.807, 2.05) is 0 Å². The van der Waals surface area contributed by atoms with Crippen LogP contribution in [0, 0.1) is 11.3 Å². The lowest BCUT2D eigenvalue weighted by Gasteiger charge is -2.24. The van der Waals surface area contributed by atoms with Gasteiger partial charge in [-0.25, -0.2) is 0 Å². The van der Waals surface area contributed by atoms with Crippen LogP contribution in [0.2, 0.25) is 0 Å². The number of nitrogen functional groups attached to an aromatic ring is 1. The Labute approximate surface area is 110 Å². The maximum atomic E-state index is 9.20. The minimum atomic E-state index is 0.672. The van der Waals surface area contributed by atoms with Crippen LogP contribution in [0.25, 0.3) is 0 Å². The van der Waals surface area contributed by atoms with Gasteiger partial charge < -0.3 is 15.2 Å². The molecule has 0 saturated heterocycles. The quantitative estimate of drug-likeness (QED) is 0.755. The van der Waals surface area contributed by atoms with Crippen LogP contribution in [0.4, 0.5) is 11.5 Å². The number of nitrogens with two attached hydrogens (primary N) is 1. The Hall–Kier alpha value is -1.63. The summed E-state index contributed by atoms with van der Waals surface area (Å²) in [6.45, 7) is 9.09. The van der Waals surface area contributed by atoms with Crippen molar-refractivity contribution in [3.63, 3.8) is 0 Å². The first kappa shape index (κ1) is 14.4. The van der Waals surface area contributed by atoms with Gasteiger partial charge in [0.05, 0.1) is 5.69 Å². The molecule has 0 amide bonds. The van der Waals surface area contributed by atoms with Crippen LogP contribution in [0.1, 0.15) is 45.7 Å². The highest BCUT2D eigenvalue weighted by Gasteiger charge is 2.16. The second kappa shape index (κ2) is 6.95. The molecule has 2 N–H and O–H groups in total. The van der Waals surface area contributed by atoms with Crippen molar-refractivity contribution in [1.29, 1.82) is 5.26 Å². The monoisotopic (exact) mass is 248 g/mol. The van der Waals surface area contributed by atoms with Crippen molar-refractivity contribution in [1.82, 2.24) is 4.57 Å². The van der Waals surface area contributed by atoms with Gasteiger partial charge in [0, 0.05) is 19.6 Å². The molecule has 0 aliphatic heterocycles. The summed E-state index contributed by atoms with van der Waals surface area (Å²) in [5.41, 5.74) is 7.45. The average Bonchev–Trinajstić information content (AvgIpc) is 2.69. The highest BCUT2D eigenvalue weighted by Crippen LogP contribution is 2.28. The molecule has 1 rings (SSSR count). The van der Waals surface area contributed by atoms with E-state index in [0.29, 0.717) is 11.4 Å². The molecule has 0 atom stereocenters. The maximum Gasteiger partial charge on any atom is 0.133 e. The van der Waals surface area contributed by atoms with Gasteiger partial charge in [-0.3, -0.25) is 0 Å². The van der Waals surface area contributed by atoms with Crippen molar-refractivity contribution in [2.45, 2.75) is 46.6 Å². The summed E-state index contributed by atoms with van der Waals surface area (Å²) in [6, 6.07) is 4.03. The second-order valence-electron chi connectivity index (χ2n) is 4.45. The van der Waals surface area contributed by atoms with Gasteiger partial charge in [-0.15, -0.1) is 0 Å². The first-order valence-corrected chi connectivity index (χ1v) is 6.83. The van der Waals surface area contributed by atoms with Gasteiger partial charge in [-0.1, -0.05) is 19.8 Å². The molecule has 1 heterocycles. The van der Waals surface area contributed by atoms with Gasteiger partial charge in [-0.2, -0.15) is 5.26 Å². The van der Waals surface area contributed by atoms with E-state index in [0.717, 1.165) is 31.9 Å². The van der Waals surface area contributed by atoms with Crippen molar-refractivity contribution >= 4 is 11.5 Å². The van der Waals surface area contributed by atoms with Crippen LogP contribution in [0.3, 0.4) is 0 Å². The zero-order valence-corrected chi connectivity index (χ0v) is 11.7. The van der Waals surface area contributed by atoms with E-state index in [1.165, 1.54) is 12.8 Å². The van der Waals surface area contributed by atoms with Gasteiger partial charge >= 0.3 is 0 Å². The van der Waals surface area contributed by atoms with E-state index in [-0.39, 0.29) is 0 Å².